The van der Waals surface area contributed by atoms with Crippen LogP contribution in [0.25, 0.3) is 5.69 Å². The van der Waals surface area contributed by atoms with Crippen LogP contribution in [0.15, 0.2) is 72.1 Å². The third-order valence-corrected chi connectivity index (χ3v) is 5.41. The first-order valence-corrected chi connectivity index (χ1v) is 9.18. The predicted octanol–water partition coefficient (Wildman–Crippen LogP) is 3.57. The lowest BCUT2D eigenvalue weighted by atomic mass is 10.1. The molecule has 0 fully saturated rings. The summed E-state index contributed by atoms with van der Waals surface area (Å²) in [7, 11) is -3.63. The summed E-state index contributed by atoms with van der Waals surface area (Å²) in [5.74, 6) is 0. The van der Waals surface area contributed by atoms with Crippen LogP contribution in [0.5, 0.6) is 0 Å². The van der Waals surface area contributed by atoms with Gasteiger partial charge < -0.3 is 4.57 Å². The van der Waals surface area contributed by atoms with Crippen LogP contribution in [0.1, 0.15) is 18.5 Å². The number of nitrogens with zero attached hydrogens (tertiary/aromatic N) is 2. The third-order valence-electron chi connectivity index (χ3n) is 3.63. The summed E-state index contributed by atoms with van der Waals surface area (Å²) in [5.41, 5.74) is 1.82. The van der Waals surface area contributed by atoms with Gasteiger partial charge in [0.1, 0.15) is 0 Å². The van der Waals surface area contributed by atoms with E-state index >= 15 is 0 Å². The van der Waals surface area contributed by atoms with Gasteiger partial charge in [-0.05, 0) is 42.8 Å². The molecule has 1 unspecified atom stereocenters. The van der Waals surface area contributed by atoms with Gasteiger partial charge in [-0.3, -0.25) is 0 Å². The summed E-state index contributed by atoms with van der Waals surface area (Å²) in [6, 6.07) is 13.4. The lowest BCUT2D eigenvalue weighted by Crippen LogP contribution is -2.26. The van der Waals surface area contributed by atoms with Gasteiger partial charge in [-0.2, -0.15) is 0 Å². The van der Waals surface area contributed by atoms with Crippen molar-refractivity contribution in [2.45, 2.75) is 17.9 Å². The molecule has 0 bridgehead atoms. The molecular weight excluding hydrogens is 346 g/mol. The minimum absolute atomic E-state index is 0.150. The van der Waals surface area contributed by atoms with Crippen molar-refractivity contribution < 1.29 is 8.42 Å². The molecule has 1 aromatic heterocycles. The smallest absolute Gasteiger partial charge is 0.241 e. The predicted molar refractivity (Wildman–Crippen MR) is 93.8 cm³/mol. The summed E-state index contributed by atoms with van der Waals surface area (Å²) in [5, 5.41) is 0.384. The molecule has 0 aliphatic heterocycles. The standard InChI is InChI=1S/C17H16ClN3O2S/c1-13(20-24(22,23)17-4-2-3-15(18)11-17)14-5-7-16(8-6-14)21-10-9-19-12-21/h2-13,20H,1H3. The summed E-state index contributed by atoms with van der Waals surface area (Å²) in [6.45, 7) is 1.80. The molecule has 5 nitrogen and oxygen atoms in total. The molecule has 7 heteroatoms. The number of hydrogen-bond acceptors (Lipinski definition) is 3. The van der Waals surface area contributed by atoms with Crippen molar-refractivity contribution in [3.8, 4) is 5.69 Å². The van der Waals surface area contributed by atoms with Crippen molar-refractivity contribution in [2.75, 3.05) is 0 Å². The summed E-state index contributed by atoms with van der Waals surface area (Å²) in [4.78, 5) is 4.16. The minimum atomic E-state index is -3.63. The van der Waals surface area contributed by atoms with Crippen molar-refractivity contribution in [3.05, 3.63) is 77.8 Å². The Labute approximate surface area is 146 Å². The molecule has 124 valence electrons. The SMILES string of the molecule is CC(NS(=O)(=O)c1cccc(Cl)c1)c1ccc(-n2ccnc2)cc1. The monoisotopic (exact) mass is 361 g/mol. The van der Waals surface area contributed by atoms with Crippen molar-refractivity contribution in [3.63, 3.8) is 0 Å². The molecule has 0 aliphatic carbocycles. The van der Waals surface area contributed by atoms with Crippen LogP contribution >= 0.6 is 11.6 Å². The molecule has 0 radical (unpaired) electrons. The first-order valence-electron chi connectivity index (χ1n) is 7.32. The highest BCUT2D eigenvalue weighted by atomic mass is 35.5. The van der Waals surface area contributed by atoms with E-state index in [0.717, 1.165) is 11.3 Å². The molecule has 1 heterocycles. The Morgan fingerprint density at radius 3 is 2.54 bits per heavy atom. The Kier molecular flexibility index (Phi) is 4.71. The van der Waals surface area contributed by atoms with Crippen LogP contribution in [0.4, 0.5) is 0 Å². The second-order valence-corrected chi connectivity index (χ2v) is 7.51. The Balaban J connectivity index is 1.78. The summed E-state index contributed by atoms with van der Waals surface area (Å²) >= 11 is 5.87. The maximum absolute atomic E-state index is 12.4. The van der Waals surface area contributed by atoms with Crippen LogP contribution in [0, 0.1) is 0 Å². The number of hydrogen-bond donors (Lipinski definition) is 1. The average Bonchev–Trinajstić information content (AvgIpc) is 3.09. The van der Waals surface area contributed by atoms with Crippen LogP contribution < -0.4 is 4.72 Å². The van der Waals surface area contributed by atoms with E-state index in [0.29, 0.717) is 5.02 Å². The van der Waals surface area contributed by atoms with Crippen molar-refractivity contribution in [1.82, 2.24) is 14.3 Å². The van der Waals surface area contributed by atoms with E-state index in [2.05, 4.69) is 9.71 Å². The molecule has 3 rings (SSSR count). The second-order valence-electron chi connectivity index (χ2n) is 5.36. The zero-order valence-electron chi connectivity index (χ0n) is 12.9. The molecule has 1 N–H and O–H groups in total. The van der Waals surface area contributed by atoms with Crippen LogP contribution in [-0.4, -0.2) is 18.0 Å². The zero-order chi connectivity index (χ0) is 17.2. The molecule has 24 heavy (non-hydrogen) atoms. The quantitative estimate of drug-likeness (QED) is 0.755. The number of rotatable bonds is 5. The zero-order valence-corrected chi connectivity index (χ0v) is 14.5. The van der Waals surface area contributed by atoms with E-state index in [9.17, 15) is 8.42 Å². The van der Waals surface area contributed by atoms with E-state index in [1.807, 2.05) is 35.0 Å². The highest BCUT2D eigenvalue weighted by Gasteiger charge is 2.18. The lowest BCUT2D eigenvalue weighted by molar-refractivity contribution is 0.567. The van der Waals surface area contributed by atoms with Gasteiger partial charge in [0.15, 0.2) is 0 Å². The van der Waals surface area contributed by atoms with Crippen molar-refractivity contribution in [2.24, 2.45) is 0 Å². The fourth-order valence-corrected chi connectivity index (χ4v) is 3.88. The van der Waals surface area contributed by atoms with Crippen LogP contribution in [0.2, 0.25) is 5.02 Å². The van der Waals surface area contributed by atoms with E-state index in [1.54, 1.807) is 31.6 Å². The van der Waals surface area contributed by atoms with Gasteiger partial charge >= 0.3 is 0 Å². The molecule has 3 aromatic rings. The molecular formula is C17H16ClN3O2S. The molecule has 0 amide bonds. The van der Waals surface area contributed by atoms with Gasteiger partial charge in [0.05, 0.1) is 11.2 Å². The molecule has 0 saturated carbocycles. The Morgan fingerprint density at radius 2 is 1.92 bits per heavy atom. The lowest BCUT2D eigenvalue weighted by Gasteiger charge is -2.15. The van der Waals surface area contributed by atoms with Crippen LogP contribution in [0.3, 0.4) is 0 Å². The van der Waals surface area contributed by atoms with E-state index < -0.39 is 10.0 Å². The largest absolute Gasteiger partial charge is 0.306 e. The Bertz CT molecular complexity index is 923. The highest BCUT2D eigenvalue weighted by Crippen LogP contribution is 2.20. The van der Waals surface area contributed by atoms with Gasteiger partial charge in [-0.1, -0.05) is 29.8 Å². The Morgan fingerprint density at radius 1 is 1.17 bits per heavy atom. The molecule has 1 atom stereocenters. The first kappa shape index (κ1) is 16.7. The maximum atomic E-state index is 12.4. The molecule has 0 aliphatic rings. The van der Waals surface area contributed by atoms with Gasteiger partial charge in [0.2, 0.25) is 10.0 Å². The van der Waals surface area contributed by atoms with Gasteiger partial charge in [-0.25, -0.2) is 18.1 Å². The third kappa shape index (κ3) is 3.67. The molecule has 2 aromatic carbocycles. The maximum Gasteiger partial charge on any atom is 0.241 e. The highest BCUT2D eigenvalue weighted by molar-refractivity contribution is 7.89. The number of benzene rings is 2. The normalized spacial score (nSPS) is 12.9. The molecule has 0 spiro atoms. The average molecular weight is 362 g/mol. The second kappa shape index (κ2) is 6.76. The van der Waals surface area contributed by atoms with Gasteiger partial charge in [0, 0.05) is 29.1 Å². The minimum Gasteiger partial charge on any atom is -0.306 e. The fourth-order valence-electron chi connectivity index (χ4n) is 2.35. The van der Waals surface area contributed by atoms with Gasteiger partial charge in [-0.15, -0.1) is 0 Å². The van der Waals surface area contributed by atoms with Gasteiger partial charge in [0.25, 0.3) is 0 Å². The van der Waals surface area contributed by atoms with Crippen molar-refractivity contribution in [1.29, 1.82) is 0 Å². The Hall–Kier alpha value is -2.15. The van der Waals surface area contributed by atoms with E-state index in [1.165, 1.54) is 12.1 Å². The summed E-state index contributed by atoms with van der Waals surface area (Å²) < 4.78 is 29.4. The number of nitrogens with one attached hydrogen (secondary N) is 1. The topological polar surface area (TPSA) is 64.0 Å². The van der Waals surface area contributed by atoms with Crippen LogP contribution in [-0.2, 0) is 10.0 Å². The fraction of sp³-hybridized carbons (Fsp3) is 0.118. The number of sulfonamides is 1. The van der Waals surface area contributed by atoms with Crippen molar-refractivity contribution >= 4 is 21.6 Å². The molecule has 0 saturated heterocycles. The number of halogens is 1. The van der Waals surface area contributed by atoms with E-state index in [4.69, 9.17) is 11.6 Å². The van der Waals surface area contributed by atoms with E-state index in [-0.39, 0.29) is 10.9 Å². The number of aromatic nitrogens is 2. The summed E-state index contributed by atoms with van der Waals surface area (Å²) in [6.07, 6.45) is 5.26. The first-order chi connectivity index (χ1) is 11.5. The number of imidazole rings is 1.